The Labute approximate surface area is 130 Å². The van der Waals surface area contributed by atoms with Crippen LogP contribution in [0.4, 0.5) is 0 Å². The standard InChI is InChI=1S/C18H19ClO2/c19-17-11-9-15(10-12-17)14-5-7-16(8-6-14)18(21)4-2-1-3-13-20/h5-12,20H,1-4,13H2. The van der Waals surface area contributed by atoms with Crippen LogP contribution in [0.1, 0.15) is 36.0 Å². The van der Waals surface area contributed by atoms with E-state index in [0.29, 0.717) is 11.4 Å². The van der Waals surface area contributed by atoms with Gasteiger partial charge in [-0.15, -0.1) is 0 Å². The Kier molecular flexibility index (Phi) is 5.97. The van der Waals surface area contributed by atoms with Crippen LogP contribution >= 0.6 is 11.6 Å². The summed E-state index contributed by atoms with van der Waals surface area (Å²) < 4.78 is 0. The van der Waals surface area contributed by atoms with Crippen molar-refractivity contribution in [3.05, 3.63) is 59.1 Å². The van der Waals surface area contributed by atoms with Crippen molar-refractivity contribution in [2.24, 2.45) is 0 Å². The summed E-state index contributed by atoms with van der Waals surface area (Å²) in [5, 5.41) is 9.43. The van der Waals surface area contributed by atoms with Gasteiger partial charge in [-0.25, -0.2) is 0 Å². The van der Waals surface area contributed by atoms with Gasteiger partial charge in [-0.05, 0) is 36.1 Å². The number of aliphatic hydroxyl groups excluding tert-OH is 1. The highest BCUT2D eigenvalue weighted by Crippen LogP contribution is 2.22. The van der Waals surface area contributed by atoms with Crippen LogP contribution in [-0.2, 0) is 0 Å². The van der Waals surface area contributed by atoms with Gasteiger partial charge >= 0.3 is 0 Å². The molecule has 2 nitrogen and oxygen atoms in total. The minimum absolute atomic E-state index is 0.163. The van der Waals surface area contributed by atoms with Crippen molar-refractivity contribution < 1.29 is 9.90 Å². The van der Waals surface area contributed by atoms with Gasteiger partial charge < -0.3 is 5.11 Å². The molecule has 0 bridgehead atoms. The molecule has 0 heterocycles. The molecule has 3 heteroatoms. The lowest BCUT2D eigenvalue weighted by molar-refractivity contribution is 0.0978. The van der Waals surface area contributed by atoms with E-state index in [1.807, 2.05) is 48.5 Å². The summed E-state index contributed by atoms with van der Waals surface area (Å²) in [7, 11) is 0. The zero-order chi connectivity index (χ0) is 15.1. The minimum Gasteiger partial charge on any atom is -0.396 e. The van der Waals surface area contributed by atoms with E-state index in [4.69, 9.17) is 16.7 Å². The molecule has 2 aromatic rings. The van der Waals surface area contributed by atoms with Crippen LogP contribution in [-0.4, -0.2) is 17.5 Å². The van der Waals surface area contributed by atoms with Gasteiger partial charge in [0.15, 0.2) is 5.78 Å². The summed E-state index contributed by atoms with van der Waals surface area (Å²) in [6.07, 6.45) is 3.03. The average Bonchev–Trinajstić information content (AvgIpc) is 2.52. The van der Waals surface area contributed by atoms with Crippen LogP contribution < -0.4 is 0 Å². The van der Waals surface area contributed by atoms with Gasteiger partial charge in [0.2, 0.25) is 0 Å². The SMILES string of the molecule is O=C(CCCCCO)c1ccc(-c2ccc(Cl)cc2)cc1. The molecule has 0 aliphatic rings. The first kappa shape index (κ1) is 15.7. The summed E-state index contributed by atoms with van der Waals surface area (Å²) >= 11 is 5.88. The van der Waals surface area contributed by atoms with Crippen LogP contribution in [0.3, 0.4) is 0 Å². The number of hydrogen-bond donors (Lipinski definition) is 1. The number of aliphatic hydroxyl groups is 1. The smallest absolute Gasteiger partial charge is 0.162 e. The molecule has 0 aromatic heterocycles. The molecule has 0 spiro atoms. The zero-order valence-corrected chi connectivity index (χ0v) is 12.6. The summed E-state index contributed by atoms with van der Waals surface area (Å²) in [4.78, 5) is 12.0. The van der Waals surface area contributed by atoms with E-state index in [9.17, 15) is 4.79 Å². The maximum absolute atomic E-state index is 12.0. The van der Waals surface area contributed by atoms with Gasteiger partial charge in [0.25, 0.3) is 0 Å². The summed E-state index contributed by atoms with van der Waals surface area (Å²) in [5.74, 6) is 0.163. The Hall–Kier alpha value is -1.64. The van der Waals surface area contributed by atoms with Gasteiger partial charge in [0, 0.05) is 23.6 Å². The first-order valence-corrected chi connectivity index (χ1v) is 7.58. The Bertz CT molecular complexity index is 573. The number of Topliss-reactive ketones (excluding diaryl/α,β-unsaturated/α-hetero) is 1. The molecule has 0 fully saturated rings. The normalized spacial score (nSPS) is 10.6. The quantitative estimate of drug-likeness (QED) is 0.592. The summed E-state index contributed by atoms with van der Waals surface area (Å²) in [6.45, 7) is 0.198. The van der Waals surface area contributed by atoms with E-state index in [2.05, 4.69) is 0 Å². The lowest BCUT2D eigenvalue weighted by atomic mass is 10.0. The fourth-order valence-corrected chi connectivity index (χ4v) is 2.34. The molecule has 0 saturated carbocycles. The van der Waals surface area contributed by atoms with Crippen LogP contribution in [0.2, 0.25) is 5.02 Å². The molecule has 0 atom stereocenters. The van der Waals surface area contributed by atoms with E-state index in [1.165, 1.54) is 0 Å². The second kappa shape index (κ2) is 7.96. The third-order valence-corrected chi connectivity index (χ3v) is 3.70. The predicted molar refractivity (Wildman–Crippen MR) is 86.8 cm³/mol. The molecular formula is C18H19ClO2. The van der Waals surface area contributed by atoms with E-state index in [0.717, 1.165) is 36.0 Å². The maximum Gasteiger partial charge on any atom is 0.162 e. The zero-order valence-electron chi connectivity index (χ0n) is 11.9. The lowest BCUT2D eigenvalue weighted by Crippen LogP contribution is -1.99. The lowest BCUT2D eigenvalue weighted by Gasteiger charge is -2.04. The molecule has 1 N–H and O–H groups in total. The number of halogens is 1. The molecule has 0 saturated heterocycles. The first-order chi connectivity index (χ1) is 10.2. The van der Waals surface area contributed by atoms with Crippen LogP contribution in [0, 0.1) is 0 Å². The highest BCUT2D eigenvalue weighted by atomic mass is 35.5. The van der Waals surface area contributed by atoms with E-state index in [1.54, 1.807) is 0 Å². The molecule has 0 radical (unpaired) electrons. The molecule has 0 amide bonds. The Morgan fingerprint density at radius 2 is 1.43 bits per heavy atom. The second-order valence-electron chi connectivity index (χ2n) is 5.04. The molecular weight excluding hydrogens is 284 g/mol. The van der Waals surface area contributed by atoms with Gasteiger partial charge in [-0.1, -0.05) is 54.4 Å². The molecule has 21 heavy (non-hydrogen) atoms. The van der Waals surface area contributed by atoms with Gasteiger partial charge in [-0.3, -0.25) is 4.79 Å². The molecule has 2 aromatic carbocycles. The molecule has 0 aliphatic heterocycles. The Morgan fingerprint density at radius 1 is 0.857 bits per heavy atom. The average molecular weight is 303 g/mol. The van der Waals surface area contributed by atoms with Crippen molar-refractivity contribution in [1.29, 1.82) is 0 Å². The van der Waals surface area contributed by atoms with Crippen molar-refractivity contribution in [2.45, 2.75) is 25.7 Å². The van der Waals surface area contributed by atoms with E-state index in [-0.39, 0.29) is 12.4 Å². The maximum atomic E-state index is 12.0. The third-order valence-electron chi connectivity index (χ3n) is 3.45. The number of hydrogen-bond acceptors (Lipinski definition) is 2. The van der Waals surface area contributed by atoms with Crippen LogP contribution in [0.15, 0.2) is 48.5 Å². The van der Waals surface area contributed by atoms with Gasteiger partial charge in [0.1, 0.15) is 0 Å². The number of benzene rings is 2. The fourth-order valence-electron chi connectivity index (χ4n) is 2.21. The van der Waals surface area contributed by atoms with Gasteiger partial charge in [0.05, 0.1) is 0 Å². The largest absolute Gasteiger partial charge is 0.396 e. The molecule has 0 unspecified atom stereocenters. The second-order valence-corrected chi connectivity index (χ2v) is 5.48. The number of rotatable bonds is 7. The third kappa shape index (κ3) is 4.69. The Morgan fingerprint density at radius 3 is 2.00 bits per heavy atom. The number of carbonyl (C=O) groups excluding carboxylic acids is 1. The fraction of sp³-hybridized carbons (Fsp3) is 0.278. The highest BCUT2D eigenvalue weighted by Gasteiger charge is 2.06. The predicted octanol–water partition coefficient (Wildman–Crippen LogP) is 4.74. The van der Waals surface area contributed by atoms with E-state index >= 15 is 0 Å². The summed E-state index contributed by atoms with van der Waals surface area (Å²) in [5.41, 5.74) is 2.90. The monoisotopic (exact) mass is 302 g/mol. The van der Waals surface area contributed by atoms with Crippen molar-refractivity contribution in [2.75, 3.05) is 6.61 Å². The van der Waals surface area contributed by atoms with Crippen molar-refractivity contribution in [1.82, 2.24) is 0 Å². The highest BCUT2D eigenvalue weighted by molar-refractivity contribution is 6.30. The van der Waals surface area contributed by atoms with Crippen LogP contribution in [0.5, 0.6) is 0 Å². The first-order valence-electron chi connectivity index (χ1n) is 7.21. The summed E-state index contributed by atoms with van der Waals surface area (Å²) in [6, 6.07) is 15.3. The van der Waals surface area contributed by atoms with Crippen LogP contribution in [0.25, 0.3) is 11.1 Å². The van der Waals surface area contributed by atoms with Crippen molar-refractivity contribution in [3.8, 4) is 11.1 Å². The molecule has 0 aliphatic carbocycles. The van der Waals surface area contributed by atoms with Gasteiger partial charge in [-0.2, -0.15) is 0 Å². The number of ketones is 1. The van der Waals surface area contributed by atoms with Crippen molar-refractivity contribution >= 4 is 17.4 Å². The minimum atomic E-state index is 0.163. The topological polar surface area (TPSA) is 37.3 Å². The Balaban J connectivity index is 1.98. The molecule has 2 rings (SSSR count). The molecule has 110 valence electrons. The van der Waals surface area contributed by atoms with E-state index < -0.39 is 0 Å². The number of carbonyl (C=O) groups is 1. The van der Waals surface area contributed by atoms with Crippen molar-refractivity contribution in [3.63, 3.8) is 0 Å². The number of unbranched alkanes of at least 4 members (excludes halogenated alkanes) is 2.